The Morgan fingerprint density at radius 2 is 1.89 bits per heavy atom. The third-order valence-electron chi connectivity index (χ3n) is 5.18. The predicted molar refractivity (Wildman–Crippen MR) is 106 cm³/mol. The van der Waals surface area contributed by atoms with E-state index in [1.54, 1.807) is 18.5 Å². The molecule has 2 aromatic carbocycles. The zero-order valence-corrected chi connectivity index (χ0v) is 15.6. The molecule has 1 atom stereocenters. The molecule has 4 rings (SSSR count). The monoisotopic (exact) mass is 375 g/mol. The van der Waals surface area contributed by atoms with Crippen LogP contribution in [0.3, 0.4) is 0 Å². The second-order valence-corrected chi connectivity index (χ2v) is 7.14. The topological polar surface area (TPSA) is 46.1 Å². The lowest BCUT2D eigenvalue weighted by Gasteiger charge is -2.33. The second-order valence-electron chi connectivity index (χ2n) is 7.14. The molecule has 0 saturated carbocycles. The summed E-state index contributed by atoms with van der Waals surface area (Å²) in [5.74, 6) is -0.0649. The van der Waals surface area contributed by atoms with Crippen LogP contribution in [0.25, 0.3) is 11.3 Å². The van der Waals surface area contributed by atoms with E-state index < -0.39 is 0 Å². The van der Waals surface area contributed by atoms with Crippen LogP contribution in [0.2, 0.25) is 0 Å². The lowest BCUT2D eigenvalue weighted by Crippen LogP contribution is -2.40. The summed E-state index contributed by atoms with van der Waals surface area (Å²) in [6.07, 6.45) is 5.57. The molecule has 1 amide bonds. The van der Waals surface area contributed by atoms with Gasteiger partial charge in [-0.15, -0.1) is 0 Å². The zero-order chi connectivity index (χ0) is 19.3. The van der Waals surface area contributed by atoms with Gasteiger partial charge in [0.2, 0.25) is 5.91 Å². The van der Waals surface area contributed by atoms with Crippen LogP contribution in [0.1, 0.15) is 30.0 Å². The molecule has 1 fully saturated rings. The van der Waals surface area contributed by atoms with Gasteiger partial charge in [0.15, 0.2) is 0 Å². The molecule has 4 nitrogen and oxygen atoms in total. The van der Waals surface area contributed by atoms with Crippen molar-refractivity contribution in [3.05, 3.63) is 84.1 Å². The fraction of sp³-hybridized carbons (Fsp3) is 0.261. The number of carbonyl (C=O) groups is 1. The van der Waals surface area contributed by atoms with Crippen molar-refractivity contribution in [3.8, 4) is 11.3 Å². The highest BCUT2D eigenvalue weighted by Crippen LogP contribution is 2.32. The Bertz CT molecular complexity index is 961. The molecule has 0 radical (unpaired) electrons. The van der Waals surface area contributed by atoms with E-state index in [1.165, 1.54) is 12.1 Å². The number of nitrogens with zero attached hydrogens (tertiary/aromatic N) is 3. The van der Waals surface area contributed by atoms with Crippen LogP contribution >= 0.6 is 0 Å². The summed E-state index contributed by atoms with van der Waals surface area (Å²) < 4.78 is 13.7. The average molecular weight is 375 g/mol. The van der Waals surface area contributed by atoms with Gasteiger partial charge in [0, 0.05) is 37.0 Å². The fourth-order valence-electron chi connectivity index (χ4n) is 3.81. The van der Waals surface area contributed by atoms with Gasteiger partial charge in [-0.25, -0.2) is 4.39 Å². The molecule has 1 aromatic heterocycles. The Morgan fingerprint density at radius 1 is 1.07 bits per heavy atom. The predicted octanol–water partition coefficient (Wildman–Crippen LogP) is 4.23. The van der Waals surface area contributed by atoms with Gasteiger partial charge in [-0.3, -0.25) is 14.8 Å². The summed E-state index contributed by atoms with van der Waals surface area (Å²) in [7, 11) is 0. The summed E-state index contributed by atoms with van der Waals surface area (Å²) in [4.78, 5) is 23.7. The molecule has 1 saturated heterocycles. The molecule has 0 unspecified atom stereocenters. The van der Waals surface area contributed by atoms with E-state index in [9.17, 15) is 9.18 Å². The standard InChI is InChI=1S/C23H22FN3O/c24-20-10-4-8-18(15-20)22-23(26-12-11-25-22)19-9-5-13-27(16-19)21(28)14-17-6-2-1-3-7-17/h1-4,6-8,10-12,15,19H,5,9,13-14,16H2/t19-/m1/s1. The Morgan fingerprint density at radius 3 is 2.71 bits per heavy atom. The first kappa shape index (κ1) is 18.3. The Kier molecular flexibility index (Phi) is 5.42. The Hall–Kier alpha value is -3.08. The molecular formula is C23H22FN3O. The number of likely N-dealkylation sites (tertiary alicyclic amines) is 1. The first-order chi connectivity index (χ1) is 13.7. The van der Waals surface area contributed by atoms with Gasteiger partial charge in [-0.2, -0.15) is 0 Å². The summed E-state index contributed by atoms with van der Waals surface area (Å²) in [6, 6.07) is 16.2. The molecule has 28 heavy (non-hydrogen) atoms. The number of carbonyl (C=O) groups excluding carboxylic acids is 1. The van der Waals surface area contributed by atoms with Gasteiger partial charge >= 0.3 is 0 Å². The lowest BCUT2D eigenvalue weighted by atomic mass is 9.91. The van der Waals surface area contributed by atoms with Gasteiger partial charge in [0.1, 0.15) is 5.82 Å². The third-order valence-corrected chi connectivity index (χ3v) is 5.18. The number of benzene rings is 2. The molecule has 0 N–H and O–H groups in total. The third kappa shape index (κ3) is 4.09. The molecular weight excluding hydrogens is 353 g/mol. The first-order valence-corrected chi connectivity index (χ1v) is 9.59. The Balaban J connectivity index is 1.55. The minimum absolute atomic E-state index is 0.0976. The number of rotatable bonds is 4. The quantitative estimate of drug-likeness (QED) is 0.685. The SMILES string of the molecule is O=C(Cc1ccccc1)N1CCC[C@@H](c2nccnc2-c2cccc(F)c2)C1. The molecule has 0 spiro atoms. The van der Waals surface area contributed by atoms with Crippen LogP contribution in [0.15, 0.2) is 67.0 Å². The van der Waals surface area contributed by atoms with Crippen LogP contribution in [0.5, 0.6) is 0 Å². The highest BCUT2D eigenvalue weighted by atomic mass is 19.1. The summed E-state index contributed by atoms with van der Waals surface area (Å²) >= 11 is 0. The number of halogens is 1. The van der Waals surface area contributed by atoms with E-state index >= 15 is 0 Å². The summed E-state index contributed by atoms with van der Waals surface area (Å²) in [5, 5.41) is 0. The normalized spacial score (nSPS) is 16.8. The minimum Gasteiger partial charge on any atom is -0.342 e. The number of hydrogen-bond donors (Lipinski definition) is 0. The van der Waals surface area contributed by atoms with Crippen molar-refractivity contribution in [1.82, 2.24) is 14.9 Å². The van der Waals surface area contributed by atoms with E-state index in [4.69, 9.17) is 0 Å². The molecule has 1 aliphatic rings. The van der Waals surface area contributed by atoms with Crippen LogP contribution < -0.4 is 0 Å². The number of piperidine rings is 1. The van der Waals surface area contributed by atoms with Crippen LogP contribution in [-0.2, 0) is 11.2 Å². The lowest BCUT2D eigenvalue weighted by molar-refractivity contribution is -0.131. The number of aromatic nitrogens is 2. The zero-order valence-electron chi connectivity index (χ0n) is 15.6. The Labute approximate surface area is 164 Å². The van der Waals surface area contributed by atoms with E-state index in [0.29, 0.717) is 18.7 Å². The molecule has 1 aliphatic heterocycles. The van der Waals surface area contributed by atoms with Gasteiger partial charge in [-0.05, 0) is 30.5 Å². The van der Waals surface area contributed by atoms with E-state index in [1.807, 2.05) is 41.3 Å². The van der Waals surface area contributed by atoms with E-state index in [0.717, 1.165) is 36.2 Å². The molecule has 3 aromatic rings. The van der Waals surface area contributed by atoms with Crippen molar-refractivity contribution >= 4 is 5.91 Å². The smallest absolute Gasteiger partial charge is 0.227 e. The largest absolute Gasteiger partial charge is 0.342 e. The van der Waals surface area contributed by atoms with Gasteiger partial charge < -0.3 is 4.90 Å². The maximum absolute atomic E-state index is 13.7. The van der Waals surface area contributed by atoms with Crippen molar-refractivity contribution in [2.24, 2.45) is 0 Å². The van der Waals surface area contributed by atoms with Crippen LogP contribution in [0, 0.1) is 5.82 Å². The van der Waals surface area contributed by atoms with Crippen molar-refractivity contribution < 1.29 is 9.18 Å². The van der Waals surface area contributed by atoms with Crippen LogP contribution in [-0.4, -0.2) is 33.9 Å². The van der Waals surface area contributed by atoms with Crippen LogP contribution in [0.4, 0.5) is 4.39 Å². The molecule has 5 heteroatoms. The summed E-state index contributed by atoms with van der Waals surface area (Å²) in [6.45, 7) is 1.38. The van der Waals surface area contributed by atoms with Crippen molar-refractivity contribution in [2.75, 3.05) is 13.1 Å². The molecule has 0 aliphatic carbocycles. The molecule has 142 valence electrons. The fourth-order valence-corrected chi connectivity index (χ4v) is 3.81. The van der Waals surface area contributed by atoms with Gasteiger partial charge in [0.25, 0.3) is 0 Å². The average Bonchev–Trinajstić information content (AvgIpc) is 2.74. The molecule has 0 bridgehead atoms. The van der Waals surface area contributed by atoms with E-state index in [-0.39, 0.29) is 17.6 Å². The van der Waals surface area contributed by atoms with Crippen molar-refractivity contribution in [1.29, 1.82) is 0 Å². The van der Waals surface area contributed by atoms with Gasteiger partial charge in [-0.1, -0.05) is 42.5 Å². The number of amides is 1. The van der Waals surface area contributed by atoms with E-state index in [2.05, 4.69) is 9.97 Å². The van der Waals surface area contributed by atoms with Crippen molar-refractivity contribution in [2.45, 2.75) is 25.2 Å². The first-order valence-electron chi connectivity index (χ1n) is 9.59. The summed E-state index contributed by atoms with van der Waals surface area (Å²) in [5.41, 5.74) is 3.28. The van der Waals surface area contributed by atoms with Crippen molar-refractivity contribution in [3.63, 3.8) is 0 Å². The number of hydrogen-bond acceptors (Lipinski definition) is 3. The highest BCUT2D eigenvalue weighted by molar-refractivity contribution is 5.79. The maximum Gasteiger partial charge on any atom is 0.227 e. The second kappa shape index (κ2) is 8.30. The maximum atomic E-state index is 13.7. The highest BCUT2D eigenvalue weighted by Gasteiger charge is 2.28. The minimum atomic E-state index is -0.294. The van der Waals surface area contributed by atoms with Gasteiger partial charge in [0.05, 0.1) is 17.8 Å². The molecule has 2 heterocycles.